The van der Waals surface area contributed by atoms with Crippen LogP contribution in [-0.2, 0) is 25.6 Å². The largest absolute Gasteiger partial charge is 0.480 e. The fourth-order valence-corrected chi connectivity index (χ4v) is 3.91. The van der Waals surface area contributed by atoms with Gasteiger partial charge >= 0.3 is 5.97 Å². The molecule has 0 heterocycles. The summed E-state index contributed by atoms with van der Waals surface area (Å²) in [6, 6.07) is 4.86. The lowest BCUT2D eigenvalue weighted by Crippen LogP contribution is -2.57. The topological polar surface area (TPSA) is 215 Å². The van der Waals surface area contributed by atoms with E-state index in [1.807, 2.05) is 6.26 Å². The monoisotopic (exact) mass is 551 g/mol. The fraction of sp³-hybridized carbons (Fsp3) is 0.560. The highest BCUT2D eigenvalue weighted by molar-refractivity contribution is 7.98. The van der Waals surface area contributed by atoms with Gasteiger partial charge in [0.15, 0.2) is 5.96 Å². The number of carboxylic acids is 1. The summed E-state index contributed by atoms with van der Waals surface area (Å²) >= 11 is 1.50. The molecule has 212 valence electrons. The van der Waals surface area contributed by atoms with Crippen LogP contribution < -0.4 is 33.2 Å². The summed E-state index contributed by atoms with van der Waals surface area (Å²) in [6.45, 7) is 3.81. The highest BCUT2D eigenvalue weighted by Crippen LogP contribution is 2.08. The molecule has 0 aromatic heterocycles. The van der Waals surface area contributed by atoms with Crippen molar-refractivity contribution in [3.63, 3.8) is 0 Å². The second-order valence-corrected chi connectivity index (χ2v) is 10.2. The molecular formula is C25H41N7O5S. The third-order valence-electron chi connectivity index (χ3n) is 5.74. The number of nitrogens with one attached hydrogen (secondary N) is 3. The van der Waals surface area contributed by atoms with Crippen LogP contribution >= 0.6 is 11.8 Å². The number of hydrogen-bond donors (Lipinski definition) is 7. The molecular weight excluding hydrogens is 510 g/mol. The summed E-state index contributed by atoms with van der Waals surface area (Å²) in [7, 11) is 0. The zero-order chi connectivity index (χ0) is 28.7. The molecule has 1 aromatic rings. The van der Waals surface area contributed by atoms with Crippen molar-refractivity contribution < 1.29 is 24.3 Å². The van der Waals surface area contributed by atoms with E-state index in [1.54, 1.807) is 44.2 Å². The molecule has 0 aliphatic rings. The number of benzene rings is 1. The Morgan fingerprint density at radius 3 is 2.00 bits per heavy atom. The number of carboxylic acid groups (broad SMARTS) is 1. The van der Waals surface area contributed by atoms with Crippen LogP contribution in [0.5, 0.6) is 0 Å². The van der Waals surface area contributed by atoms with Crippen LogP contribution in [-0.4, -0.2) is 77.5 Å². The van der Waals surface area contributed by atoms with Gasteiger partial charge in [0, 0.05) is 13.0 Å². The SMILES string of the molecule is CSCCC(NC(=O)C(N)C(C)C)C(=O)NC(CCCN=C(N)N)C(=O)NC(Cc1ccccc1)C(=O)O. The number of aliphatic imine (C=N–C) groups is 1. The minimum absolute atomic E-state index is 0.0656. The number of thioether (sulfide) groups is 1. The van der Waals surface area contributed by atoms with E-state index in [9.17, 15) is 24.3 Å². The summed E-state index contributed by atoms with van der Waals surface area (Å²) in [6.07, 6.45) is 2.73. The molecule has 38 heavy (non-hydrogen) atoms. The van der Waals surface area contributed by atoms with Crippen molar-refractivity contribution in [2.75, 3.05) is 18.6 Å². The van der Waals surface area contributed by atoms with Gasteiger partial charge in [-0.05, 0) is 42.8 Å². The molecule has 0 radical (unpaired) electrons. The Morgan fingerprint density at radius 2 is 1.47 bits per heavy atom. The van der Waals surface area contributed by atoms with Gasteiger partial charge in [0.05, 0.1) is 6.04 Å². The van der Waals surface area contributed by atoms with E-state index in [-0.39, 0.29) is 31.3 Å². The standard InChI is InChI=1S/C25H41N7O5S/c1-15(2)20(26)23(35)31-18(11-13-38-3)22(34)30-17(10-7-12-29-25(27)28)21(33)32-19(24(36)37)14-16-8-5-4-6-9-16/h4-6,8-9,15,17-20H,7,10-14,26H2,1-3H3,(H,30,34)(H,31,35)(H,32,33)(H,36,37)(H4,27,28,29). The molecule has 4 atom stereocenters. The van der Waals surface area contributed by atoms with Crippen molar-refractivity contribution in [2.24, 2.45) is 28.1 Å². The number of nitrogens with two attached hydrogens (primary N) is 3. The number of aliphatic carboxylic acids is 1. The first kappa shape index (κ1) is 32.7. The van der Waals surface area contributed by atoms with Gasteiger partial charge in [0.2, 0.25) is 17.7 Å². The maximum absolute atomic E-state index is 13.2. The van der Waals surface area contributed by atoms with Gasteiger partial charge in [-0.25, -0.2) is 4.79 Å². The molecule has 0 fully saturated rings. The Morgan fingerprint density at radius 1 is 0.921 bits per heavy atom. The number of amides is 3. The van der Waals surface area contributed by atoms with Crippen molar-refractivity contribution in [2.45, 2.75) is 63.7 Å². The average molecular weight is 552 g/mol. The lowest BCUT2D eigenvalue weighted by atomic mass is 10.0. The van der Waals surface area contributed by atoms with Crippen LogP contribution in [0, 0.1) is 5.92 Å². The van der Waals surface area contributed by atoms with Gasteiger partial charge in [0.1, 0.15) is 18.1 Å². The van der Waals surface area contributed by atoms with Crippen molar-refractivity contribution in [1.82, 2.24) is 16.0 Å². The molecule has 10 N–H and O–H groups in total. The van der Waals surface area contributed by atoms with E-state index in [0.29, 0.717) is 18.6 Å². The normalized spacial score (nSPS) is 14.0. The Hall–Kier alpha value is -3.32. The minimum atomic E-state index is -1.21. The van der Waals surface area contributed by atoms with Gasteiger partial charge < -0.3 is 38.3 Å². The molecule has 0 saturated carbocycles. The van der Waals surface area contributed by atoms with Gasteiger partial charge in [-0.2, -0.15) is 11.8 Å². The average Bonchev–Trinajstić information content (AvgIpc) is 2.87. The van der Waals surface area contributed by atoms with E-state index in [0.717, 1.165) is 5.56 Å². The van der Waals surface area contributed by atoms with Crippen LogP contribution in [0.3, 0.4) is 0 Å². The van der Waals surface area contributed by atoms with Crippen molar-refractivity contribution in [3.8, 4) is 0 Å². The van der Waals surface area contributed by atoms with E-state index in [1.165, 1.54) is 11.8 Å². The number of guanidine groups is 1. The molecule has 0 bridgehead atoms. The highest BCUT2D eigenvalue weighted by atomic mass is 32.2. The first-order valence-electron chi connectivity index (χ1n) is 12.4. The number of rotatable bonds is 17. The number of hydrogen-bond acceptors (Lipinski definition) is 7. The summed E-state index contributed by atoms with van der Waals surface area (Å²) < 4.78 is 0. The van der Waals surface area contributed by atoms with Crippen molar-refractivity contribution in [3.05, 3.63) is 35.9 Å². The summed E-state index contributed by atoms with van der Waals surface area (Å²) in [4.78, 5) is 54.7. The zero-order valence-electron chi connectivity index (χ0n) is 22.2. The molecule has 0 spiro atoms. The summed E-state index contributed by atoms with van der Waals surface area (Å²) in [5, 5.41) is 17.6. The molecule has 1 rings (SSSR count). The molecule has 0 aliphatic carbocycles. The van der Waals surface area contributed by atoms with Crippen LogP contribution in [0.1, 0.15) is 38.7 Å². The molecule has 0 aliphatic heterocycles. The predicted octanol–water partition coefficient (Wildman–Crippen LogP) is -0.442. The van der Waals surface area contributed by atoms with Gasteiger partial charge in [0.25, 0.3) is 0 Å². The Kier molecular flexibility index (Phi) is 14.8. The first-order valence-corrected chi connectivity index (χ1v) is 13.8. The van der Waals surface area contributed by atoms with E-state index in [4.69, 9.17) is 17.2 Å². The molecule has 13 heteroatoms. The Bertz CT molecular complexity index is 941. The number of carbonyl (C=O) groups excluding carboxylic acids is 3. The third-order valence-corrected chi connectivity index (χ3v) is 6.38. The van der Waals surface area contributed by atoms with E-state index >= 15 is 0 Å². The fourth-order valence-electron chi connectivity index (χ4n) is 3.44. The van der Waals surface area contributed by atoms with Gasteiger partial charge in [-0.1, -0.05) is 44.2 Å². The zero-order valence-corrected chi connectivity index (χ0v) is 23.0. The van der Waals surface area contributed by atoms with Crippen LogP contribution in [0.15, 0.2) is 35.3 Å². The van der Waals surface area contributed by atoms with Crippen LogP contribution in [0.25, 0.3) is 0 Å². The lowest BCUT2D eigenvalue weighted by molar-refractivity contribution is -0.142. The second-order valence-electron chi connectivity index (χ2n) is 9.21. The maximum Gasteiger partial charge on any atom is 0.326 e. The third kappa shape index (κ3) is 12.3. The van der Waals surface area contributed by atoms with Crippen LogP contribution in [0.2, 0.25) is 0 Å². The van der Waals surface area contributed by atoms with Crippen molar-refractivity contribution >= 4 is 41.4 Å². The predicted molar refractivity (Wildman–Crippen MR) is 149 cm³/mol. The summed E-state index contributed by atoms with van der Waals surface area (Å²) in [5.74, 6) is -2.57. The highest BCUT2D eigenvalue weighted by Gasteiger charge is 2.30. The Balaban J connectivity index is 3.06. The first-order chi connectivity index (χ1) is 18.0. The van der Waals surface area contributed by atoms with Gasteiger partial charge in [-0.15, -0.1) is 0 Å². The Labute approximate surface area is 227 Å². The molecule has 12 nitrogen and oxygen atoms in total. The molecule has 4 unspecified atom stereocenters. The van der Waals surface area contributed by atoms with Gasteiger partial charge in [-0.3, -0.25) is 19.4 Å². The molecule has 0 saturated heterocycles. The summed E-state index contributed by atoms with van der Waals surface area (Å²) in [5.41, 5.74) is 17.4. The van der Waals surface area contributed by atoms with Crippen LogP contribution in [0.4, 0.5) is 0 Å². The van der Waals surface area contributed by atoms with E-state index < -0.39 is 47.9 Å². The second kappa shape index (κ2) is 17.2. The number of carbonyl (C=O) groups is 4. The number of nitrogens with zero attached hydrogens (tertiary/aromatic N) is 1. The smallest absolute Gasteiger partial charge is 0.326 e. The lowest BCUT2D eigenvalue weighted by Gasteiger charge is -2.25. The van der Waals surface area contributed by atoms with Crippen molar-refractivity contribution in [1.29, 1.82) is 0 Å². The quantitative estimate of drug-likeness (QED) is 0.0757. The molecule has 3 amide bonds. The maximum atomic E-state index is 13.2. The minimum Gasteiger partial charge on any atom is -0.480 e. The van der Waals surface area contributed by atoms with E-state index in [2.05, 4.69) is 20.9 Å². The molecule has 1 aromatic carbocycles.